The van der Waals surface area contributed by atoms with Crippen LogP contribution in [0.3, 0.4) is 0 Å². The number of carboxylic acids is 1. The number of aliphatic carboxylic acids is 1. The number of hydrogen-bond donors (Lipinski definition) is 2. The van der Waals surface area contributed by atoms with Gasteiger partial charge in [0.25, 0.3) is 0 Å². The number of likely N-dealkylation sites (tertiary alicyclic amines) is 1. The van der Waals surface area contributed by atoms with Crippen LogP contribution < -0.4 is 5.32 Å². The van der Waals surface area contributed by atoms with Crippen LogP contribution in [-0.2, 0) is 9.59 Å². The van der Waals surface area contributed by atoms with Gasteiger partial charge in [0.05, 0.1) is 6.04 Å². The molecule has 1 rings (SSSR count). The van der Waals surface area contributed by atoms with Crippen LogP contribution in [0.25, 0.3) is 0 Å². The third kappa shape index (κ3) is 3.98. The van der Waals surface area contributed by atoms with E-state index in [1.807, 2.05) is 18.7 Å². The summed E-state index contributed by atoms with van der Waals surface area (Å²) in [6.07, 6.45) is 2.52. The summed E-state index contributed by atoms with van der Waals surface area (Å²) in [6, 6.07) is -0.885. The van der Waals surface area contributed by atoms with Crippen molar-refractivity contribution in [1.82, 2.24) is 10.2 Å². The Hall–Kier alpha value is -1.10. The molecule has 104 valence electrons. The number of rotatable bonds is 5. The van der Waals surface area contributed by atoms with Gasteiger partial charge in [-0.15, -0.1) is 0 Å². The van der Waals surface area contributed by atoms with Crippen LogP contribution in [0.2, 0.25) is 0 Å². The molecular weight excluding hydrogens is 232 g/mol. The summed E-state index contributed by atoms with van der Waals surface area (Å²) in [5.74, 6) is -0.493. The van der Waals surface area contributed by atoms with Crippen molar-refractivity contribution in [3.8, 4) is 0 Å². The molecule has 1 aliphatic rings. The Kier molecular flexibility index (Phi) is 5.59. The molecule has 18 heavy (non-hydrogen) atoms. The highest BCUT2D eigenvalue weighted by molar-refractivity contribution is 5.82. The lowest BCUT2D eigenvalue weighted by atomic mass is 10.00. The average molecular weight is 256 g/mol. The van der Waals surface area contributed by atoms with Crippen LogP contribution >= 0.6 is 0 Å². The van der Waals surface area contributed by atoms with Gasteiger partial charge in [-0.3, -0.25) is 14.5 Å². The monoisotopic (exact) mass is 256 g/mol. The van der Waals surface area contributed by atoms with Crippen molar-refractivity contribution in [2.75, 3.05) is 13.1 Å². The van der Waals surface area contributed by atoms with E-state index in [0.717, 1.165) is 12.8 Å². The molecule has 5 nitrogen and oxygen atoms in total. The molecule has 0 aromatic carbocycles. The van der Waals surface area contributed by atoms with Gasteiger partial charge >= 0.3 is 5.97 Å². The first kappa shape index (κ1) is 15.0. The third-order valence-electron chi connectivity index (χ3n) is 3.39. The summed E-state index contributed by atoms with van der Waals surface area (Å²) < 4.78 is 0. The van der Waals surface area contributed by atoms with Crippen LogP contribution in [-0.4, -0.2) is 47.1 Å². The summed E-state index contributed by atoms with van der Waals surface area (Å²) in [6.45, 7) is 7.18. The second kappa shape index (κ2) is 6.73. The van der Waals surface area contributed by atoms with Gasteiger partial charge in [-0.05, 0) is 32.2 Å². The topological polar surface area (TPSA) is 69.6 Å². The van der Waals surface area contributed by atoms with E-state index in [4.69, 9.17) is 0 Å². The number of carbonyl (C=O) groups excluding carboxylic acids is 1. The number of carbonyl (C=O) groups is 2. The predicted octanol–water partition coefficient (Wildman–Crippen LogP) is 1.09. The van der Waals surface area contributed by atoms with Crippen LogP contribution in [0.5, 0.6) is 0 Å². The van der Waals surface area contributed by atoms with Crippen molar-refractivity contribution in [2.45, 2.75) is 52.1 Å². The predicted molar refractivity (Wildman–Crippen MR) is 69.3 cm³/mol. The highest BCUT2D eigenvalue weighted by Crippen LogP contribution is 2.19. The molecule has 1 saturated heterocycles. The lowest BCUT2D eigenvalue weighted by Crippen LogP contribution is -2.54. The van der Waals surface area contributed by atoms with Gasteiger partial charge in [-0.1, -0.05) is 20.3 Å². The number of piperidine rings is 1. The van der Waals surface area contributed by atoms with Crippen molar-refractivity contribution >= 4 is 11.9 Å². The zero-order valence-electron chi connectivity index (χ0n) is 11.5. The second-order valence-corrected chi connectivity index (χ2v) is 5.40. The Labute approximate surface area is 109 Å². The summed E-state index contributed by atoms with van der Waals surface area (Å²) in [5.41, 5.74) is 0. The highest BCUT2D eigenvalue weighted by atomic mass is 16.4. The Morgan fingerprint density at radius 3 is 2.56 bits per heavy atom. The zero-order chi connectivity index (χ0) is 13.7. The van der Waals surface area contributed by atoms with Gasteiger partial charge in [-0.25, -0.2) is 0 Å². The Morgan fingerprint density at radius 2 is 2.00 bits per heavy atom. The highest BCUT2D eigenvalue weighted by Gasteiger charge is 2.34. The molecule has 0 spiro atoms. The molecule has 2 atom stereocenters. The van der Waals surface area contributed by atoms with E-state index in [1.165, 1.54) is 0 Å². The van der Waals surface area contributed by atoms with Crippen molar-refractivity contribution in [2.24, 2.45) is 5.92 Å². The van der Waals surface area contributed by atoms with Crippen molar-refractivity contribution in [3.63, 3.8) is 0 Å². The minimum Gasteiger partial charge on any atom is -0.480 e. The SMILES string of the molecule is CC(C)CNC(=O)C(C)N1CCCCC1C(=O)O. The minimum absolute atomic E-state index is 0.0724. The third-order valence-corrected chi connectivity index (χ3v) is 3.39. The van der Waals surface area contributed by atoms with E-state index in [2.05, 4.69) is 5.32 Å². The molecule has 1 aliphatic heterocycles. The largest absolute Gasteiger partial charge is 0.480 e. The molecule has 0 radical (unpaired) electrons. The molecule has 5 heteroatoms. The summed E-state index contributed by atoms with van der Waals surface area (Å²) in [5, 5.41) is 12.0. The van der Waals surface area contributed by atoms with Crippen molar-refractivity contribution in [1.29, 1.82) is 0 Å². The van der Waals surface area contributed by atoms with Gasteiger partial charge in [0.2, 0.25) is 5.91 Å². The maximum Gasteiger partial charge on any atom is 0.320 e. The van der Waals surface area contributed by atoms with Gasteiger partial charge in [-0.2, -0.15) is 0 Å². The van der Waals surface area contributed by atoms with E-state index < -0.39 is 12.0 Å². The summed E-state index contributed by atoms with van der Waals surface area (Å²) in [7, 11) is 0. The zero-order valence-corrected chi connectivity index (χ0v) is 11.5. The van der Waals surface area contributed by atoms with Gasteiger partial charge in [0.15, 0.2) is 0 Å². The smallest absolute Gasteiger partial charge is 0.320 e. The van der Waals surface area contributed by atoms with Crippen LogP contribution in [0, 0.1) is 5.92 Å². The second-order valence-electron chi connectivity index (χ2n) is 5.40. The molecule has 2 N–H and O–H groups in total. The molecule has 0 aliphatic carbocycles. The van der Waals surface area contributed by atoms with Crippen LogP contribution in [0.1, 0.15) is 40.0 Å². The van der Waals surface area contributed by atoms with E-state index in [-0.39, 0.29) is 11.9 Å². The number of nitrogens with zero attached hydrogens (tertiary/aromatic N) is 1. The number of amides is 1. The molecule has 1 heterocycles. The lowest BCUT2D eigenvalue weighted by molar-refractivity contribution is -0.147. The molecule has 1 fully saturated rings. The maximum absolute atomic E-state index is 12.0. The van der Waals surface area contributed by atoms with E-state index >= 15 is 0 Å². The molecule has 0 saturated carbocycles. The Morgan fingerprint density at radius 1 is 1.33 bits per heavy atom. The standard InChI is InChI=1S/C13H24N2O3/c1-9(2)8-14-12(16)10(3)15-7-5-4-6-11(15)13(17)18/h9-11H,4-8H2,1-3H3,(H,14,16)(H,17,18). The minimum atomic E-state index is -0.821. The fraction of sp³-hybridized carbons (Fsp3) is 0.846. The number of hydrogen-bond acceptors (Lipinski definition) is 3. The first-order valence-electron chi connectivity index (χ1n) is 6.69. The normalized spacial score (nSPS) is 22.8. The van der Waals surface area contributed by atoms with Crippen molar-refractivity contribution < 1.29 is 14.7 Å². The van der Waals surface area contributed by atoms with E-state index in [0.29, 0.717) is 25.4 Å². The Bertz CT molecular complexity index is 305. The lowest BCUT2D eigenvalue weighted by Gasteiger charge is -2.36. The Balaban J connectivity index is 2.59. The number of carboxylic acid groups (broad SMARTS) is 1. The quantitative estimate of drug-likeness (QED) is 0.772. The van der Waals surface area contributed by atoms with Gasteiger partial charge < -0.3 is 10.4 Å². The number of nitrogens with one attached hydrogen (secondary N) is 1. The molecule has 0 aromatic heterocycles. The molecule has 1 amide bonds. The molecule has 2 unspecified atom stereocenters. The molecule has 0 bridgehead atoms. The summed E-state index contributed by atoms with van der Waals surface area (Å²) in [4.78, 5) is 25.0. The molecular formula is C13H24N2O3. The van der Waals surface area contributed by atoms with Crippen molar-refractivity contribution in [3.05, 3.63) is 0 Å². The first-order valence-corrected chi connectivity index (χ1v) is 6.69. The van der Waals surface area contributed by atoms with E-state index in [9.17, 15) is 14.7 Å². The van der Waals surface area contributed by atoms with E-state index in [1.54, 1.807) is 6.92 Å². The maximum atomic E-state index is 12.0. The van der Waals surface area contributed by atoms with Crippen LogP contribution in [0.15, 0.2) is 0 Å². The molecule has 0 aromatic rings. The summed E-state index contributed by atoms with van der Waals surface area (Å²) >= 11 is 0. The average Bonchev–Trinajstić information content (AvgIpc) is 2.34. The fourth-order valence-electron chi connectivity index (χ4n) is 2.29. The van der Waals surface area contributed by atoms with Gasteiger partial charge in [0.1, 0.15) is 6.04 Å². The van der Waals surface area contributed by atoms with Crippen LogP contribution in [0.4, 0.5) is 0 Å². The van der Waals surface area contributed by atoms with Gasteiger partial charge in [0, 0.05) is 6.54 Å². The fourth-order valence-corrected chi connectivity index (χ4v) is 2.29. The first-order chi connectivity index (χ1) is 8.43.